The Balaban J connectivity index is 1.45. The molecule has 0 unspecified atom stereocenters. The van der Waals surface area contributed by atoms with Gasteiger partial charge in [0.1, 0.15) is 5.82 Å². The van der Waals surface area contributed by atoms with Crippen LogP contribution in [0.1, 0.15) is 24.8 Å². The van der Waals surface area contributed by atoms with Crippen molar-refractivity contribution in [1.29, 1.82) is 0 Å². The maximum atomic E-state index is 13.0. The van der Waals surface area contributed by atoms with Gasteiger partial charge in [0.25, 0.3) is 0 Å². The Morgan fingerprint density at radius 3 is 2.28 bits per heavy atom. The lowest BCUT2D eigenvalue weighted by Gasteiger charge is -2.31. The summed E-state index contributed by atoms with van der Waals surface area (Å²) in [5.41, 5.74) is -1.25. The topological polar surface area (TPSA) is 78.5 Å². The molecule has 2 amide bonds. The summed E-state index contributed by atoms with van der Waals surface area (Å²) >= 11 is 0. The number of halogens is 4. The number of benzene rings is 2. The standard InChI is InChI=1S/C21H23F4N3O3S/c22-16-5-7-17(8-6-16)32(30,31)28-13-10-15(11-14-28)9-12-26-20(29)27-19-4-2-1-3-18(19)21(23,24)25/h1-8,15H,9-14H2,(H2,26,27,29). The summed E-state index contributed by atoms with van der Waals surface area (Å²) < 4.78 is 78.7. The average Bonchev–Trinajstić information content (AvgIpc) is 2.74. The number of urea groups is 1. The lowest BCUT2D eigenvalue weighted by atomic mass is 9.95. The maximum absolute atomic E-state index is 13.0. The van der Waals surface area contributed by atoms with Gasteiger partial charge in [0.15, 0.2) is 0 Å². The van der Waals surface area contributed by atoms with Gasteiger partial charge in [-0.25, -0.2) is 17.6 Å². The summed E-state index contributed by atoms with van der Waals surface area (Å²) in [7, 11) is -3.69. The Labute approximate surface area is 183 Å². The van der Waals surface area contributed by atoms with Crippen molar-refractivity contribution in [2.75, 3.05) is 25.0 Å². The number of hydrogen-bond acceptors (Lipinski definition) is 3. The highest BCUT2D eigenvalue weighted by molar-refractivity contribution is 7.89. The van der Waals surface area contributed by atoms with Gasteiger partial charge in [0.2, 0.25) is 10.0 Å². The summed E-state index contributed by atoms with van der Waals surface area (Å²) in [6.45, 7) is 0.848. The van der Waals surface area contributed by atoms with E-state index in [0.717, 1.165) is 18.2 Å². The molecule has 1 heterocycles. The van der Waals surface area contributed by atoms with Crippen LogP contribution in [-0.4, -0.2) is 38.4 Å². The molecular weight excluding hydrogens is 450 g/mol. The molecule has 0 bridgehead atoms. The van der Waals surface area contributed by atoms with Gasteiger partial charge in [-0.05, 0) is 61.6 Å². The minimum atomic E-state index is -4.58. The molecular formula is C21H23F4N3O3S. The molecule has 6 nitrogen and oxygen atoms in total. The van der Waals surface area contributed by atoms with Crippen molar-refractivity contribution in [3.63, 3.8) is 0 Å². The van der Waals surface area contributed by atoms with Crippen LogP contribution in [0, 0.1) is 11.7 Å². The van der Waals surface area contributed by atoms with Crippen molar-refractivity contribution in [2.24, 2.45) is 5.92 Å². The molecule has 0 aromatic heterocycles. The van der Waals surface area contributed by atoms with Crippen LogP contribution < -0.4 is 10.6 Å². The van der Waals surface area contributed by atoms with Crippen molar-refractivity contribution in [2.45, 2.75) is 30.3 Å². The van der Waals surface area contributed by atoms with Gasteiger partial charge in [-0.2, -0.15) is 17.5 Å². The Morgan fingerprint density at radius 1 is 1.03 bits per heavy atom. The monoisotopic (exact) mass is 473 g/mol. The molecule has 1 fully saturated rings. The van der Waals surface area contributed by atoms with Gasteiger partial charge in [0.05, 0.1) is 16.1 Å². The largest absolute Gasteiger partial charge is 0.418 e. The molecule has 0 radical (unpaired) electrons. The number of amides is 2. The molecule has 174 valence electrons. The lowest BCUT2D eigenvalue weighted by Crippen LogP contribution is -2.39. The van der Waals surface area contributed by atoms with E-state index in [-0.39, 0.29) is 23.0 Å². The van der Waals surface area contributed by atoms with E-state index < -0.39 is 33.6 Å². The summed E-state index contributed by atoms with van der Waals surface area (Å²) in [5.74, 6) is -0.349. The lowest BCUT2D eigenvalue weighted by molar-refractivity contribution is -0.136. The second-order valence-electron chi connectivity index (χ2n) is 7.51. The van der Waals surface area contributed by atoms with Gasteiger partial charge in [-0.3, -0.25) is 0 Å². The highest BCUT2D eigenvalue weighted by Crippen LogP contribution is 2.34. The molecule has 11 heteroatoms. The van der Waals surface area contributed by atoms with E-state index in [1.807, 2.05) is 0 Å². The fourth-order valence-corrected chi connectivity index (χ4v) is 5.06. The number of carbonyl (C=O) groups excluding carboxylic acids is 1. The van der Waals surface area contributed by atoms with Crippen LogP contribution >= 0.6 is 0 Å². The summed E-state index contributed by atoms with van der Waals surface area (Å²) in [6.07, 6.45) is -2.84. The van der Waals surface area contributed by atoms with E-state index in [2.05, 4.69) is 10.6 Å². The van der Waals surface area contributed by atoms with E-state index in [4.69, 9.17) is 0 Å². The fraction of sp³-hybridized carbons (Fsp3) is 0.381. The second-order valence-corrected chi connectivity index (χ2v) is 9.45. The average molecular weight is 473 g/mol. The van der Waals surface area contributed by atoms with E-state index in [1.54, 1.807) is 0 Å². The predicted octanol–water partition coefficient (Wildman–Crippen LogP) is 4.46. The highest BCUT2D eigenvalue weighted by atomic mass is 32.2. The zero-order chi connectivity index (χ0) is 23.4. The van der Waals surface area contributed by atoms with Crippen LogP contribution in [0.4, 0.5) is 28.0 Å². The molecule has 2 aromatic rings. The first-order valence-electron chi connectivity index (χ1n) is 10.0. The highest BCUT2D eigenvalue weighted by Gasteiger charge is 2.33. The molecule has 2 aromatic carbocycles. The number of carbonyl (C=O) groups is 1. The van der Waals surface area contributed by atoms with Crippen LogP contribution in [0.3, 0.4) is 0 Å². The van der Waals surface area contributed by atoms with Gasteiger partial charge in [-0.1, -0.05) is 12.1 Å². The molecule has 0 atom stereocenters. The number of rotatable bonds is 6. The third-order valence-electron chi connectivity index (χ3n) is 5.34. The summed E-state index contributed by atoms with van der Waals surface area (Å²) in [6, 6.07) is 8.65. The van der Waals surface area contributed by atoms with E-state index in [1.165, 1.54) is 34.6 Å². The van der Waals surface area contributed by atoms with Gasteiger partial charge >= 0.3 is 12.2 Å². The number of hydrogen-bond donors (Lipinski definition) is 2. The van der Waals surface area contributed by atoms with Crippen molar-refractivity contribution < 1.29 is 30.8 Å². The molecule has 2 N–H and O–H groups in total. The number of nitrogens with zero attached hydrogens (tertiary/aromatic N) is 1. The third-order valence-corrected chi connectivity index (χ3v) is 7.26. The summed E-state index contributed by atoms with van der Waals surface area (Å²) in [5, 5.41) is 4.76. The first-order chi connectivity index (χ1) is 15.1. The van der Waals surface area contributed by atoms with Crippen LogP contribution in [-0.2, 0) is 16.2 Å². The number of anilines is 1. The predicted molar refractivity (Wildman–Crippen MR) is 111 cm³/mol. The molecule has 0 aliphatic carbocycles. The third kappa shape index (κ3) is 5.98. The normalized spacial score (nSPS) is 16.0. The Bertz CT molecular complexity index is 1040. The molecule has 0 spiro atoms. The number of piperidine rings is 1. The minimum Gasteiger partial charge on any atom is -0.338 e. The van der Waals surface area contributed by atoms with Crippen molar-refractivity contribution in [3.8, 4) is 0 Å². The van der Waals surface area contributed by atoms with E-state index in [0.29, 0.717) is 32.4 Å². The molecule has 0 saturated carbocycles. The number of alkyl halides is 3. The van der Waals surface area contributed by atoms with Crippen molar-refractivity contribution >= 4 is 21.7 Å². The number of nitrogens with one attached hydrogen (secondary N) is 2. The molecule has 3 rings (SSSR count). The first-order valence-corrected chi connectivity index (χ1v) is 11.5. The van der Waals surface area contributed by atoms with Gasteiger partial charge in [0, 0.05) is 19.6 Å². The molecule has 1 aliphatic heterocycles. The Morgan fingerprint density at radius 2 is 1.66 bits per heavy atom. The van der Waals surface area contributed by atoms with Crippen LogP contribution in [0.5, 0.6) is 0 Å². The SMILES string of the molecule is O=C(NCCC1CCN(S(=O)(=O)c2ccc(F)cc2)CC1)Nc1ccccc1C(F)(F)F. The Kier molecular flexibility index (Phi) is 7.40. The van der Waals surface area contributed by atoms with Crippen LogP contribution in [0.25, 0.3) is 0 Å². The Hall–Kier alpha value is -2.66. The van der Waals surface area contributed by atoms with E-state index in [9.17, 15) is 30.8 Å². The van der Waals surface area contributed by atoms with Gasteiger partial charge in [-0.15, -0.1) is 0 Å². The zero-order valence-electron chi connectivity index (χ0n) is 17.0. The number of para-hydroxylation sites is 1. The van der Waals surface area contributed by atoms with E-state index >= 15 is 0 Å². The molecule has 1 saturated heterocycles. The molecule has 32 heavy (non-hydrogen) atoms. The first kappa shape index (κ1) is 24.0. The second kappa shape index (κ2) is 9.86. The molecule has 1 aliphatic rings. The van der Waals surface area contributed by atoms with Crippen LogP contribution in [0.2, 0.25) is 0 Å². The van der Waals surface area contributed by atoms with Crippen molar-refractivity contribution in [3.05, 3.63) is 59.9 Å². The minimum absolute atomic E-state index is 0.0369. The smallest absolute Gasteiger partial charge is 0.338 e. The summed E-state index contributed by atoms with van der Waals surface area (Å²) in [4.78, 5) is 12.0. The maximum Gasteiger partial charge on any atom is 0.418 e. The quantitative estimate of drug-likeness (QED) is 0.609. The van der Waals surface area contributed by atoms with Crippen LogP contribution in [0.15, 0.2) is 53.4 Å². The fourth-order valence-electron chi connectivity index (χ4n) is 3.59. The zero-order valence-corrected chi connectivity index (χ0v) is 17.8. The van der Waals surface area contributed by atoms with Gasteiger partial charge < -0.3 is 10.6 Å². The number of sulfonamides is 1. The van der Waals surface area contributed by atoms with Crippen molar-refractivity contribution in [1.82, 2.24) is 9.62 Å².